The van der Waals surface area contributed by atoms with Crippen LogP contribution in [-0.4, -0.2) is 42.0 Å². The van der Waals surface area contributed by atoms with Crippen LogP contribution in [0.1, 0.15) is 22.5 Å². The van der Waals surface area contributed by atoms with Crippen molar-refractivity contribution in [3.63, 3.8) is 0 Å². The second kappa shape index (κ2) is 5.41. The van der Waals surface area contributed by atoms with Gasteiger partial charge in [0.2, 0.25) is 0 Å². The average molecular weight is 287 g/mol. The van der Waals surface area contributed by atoms with E-state index in [0.29, 0.717) is 16.8 Å². The normalized spacial score (nSPS) is 18.1. The van der Waals surface area contributed by atoms with Gasteiger partial charge in [-0.15, -0.1) is 0 Å². The number of nitrogens with one attached hydrogen (secondary N) is 1. The van der Waals surface area contributed by atoms with Crippen LogP contribution < -0.4 is 5.32 Å². The van der Waals surface area contributed by atoms with E-state index in [4.69, 9.17) is 0 Å². The summed E-state index contributed by atoms with van der Waals surface area (Å²) in [6, 6.07) is 6.46. The molecule has 2 aromatic rings. The van der Waals surface area contributed by atoms with E-state index in [1.165, 1.54) is 12.1 Å². The van der Waals surface area contributed by atoms with Crippen LogP contribution >= 0.6 is 0 Å². The number of benzene rings is 1. The lowest BCUT2D eigenvalue weighted by atomic mass is 10.1. The number of carbonyl (C=O) groups excluding carboxylic acids is 1. The van der Waals surface area contributed by atoms with Crippen molar-refractivity contribution in [2.45, 2.75) is 19.4 Å². The zero-order valence-corrected chi connectivity index (χ0v) is 12.2. The molecule has 1 saturated heterocycles. The van der Waals surface area contributed by atoms with E-state index < -0.39 is 0 Å². The molecule has 0 aliphatic carbocycles. The van der Waals surface area contributed by atoms with Gasteiger partial charge in [-0.05, 0) is 38.1 Å². The summed E-state index contributed by atoms with van der Waals surface area (Å²) in [7, 11) is 1.83. The van der Waals surface area contributed by atoms with Gasteiger partial charge in [0.05, 0.1) is 16.8 Å². The Labute approximate surface area is 123 Å². The summed E-state index contributed by atoms with van der Waals surface area (Å²) in [5.74, 6) is -0.345. The van der Waals surface area contributed by atoms with Crippen LogP contribution in [0.5, 0.6) is 0 Å². The maximum absolute atomic E-state index is 13.2. The molecule has 0 saturated carbocycles. The Morgan fingerprint density at radius 1 is 1.43 bits per heavy atom. The molecule has 1 aliphatic rings. The first-order chi connectivity index (χ1) is 10.1. The highest BCUT2D eigenvalue weighted by Crippen LogP contribution is 2.20. The average Bonchev–Trinajstić information content (AvgIpc) is 2.99. The largest absolute Gasteiger partial charge is 0.337 e. The second-order valence-electron chi connectivity index (χ2n) is 5.52. The highest BCUT2D eigenvalue weighted by atomic mass is 19.1. The van der Waals surface area contributed by atoms with Crippen LogP contribution in [0.2, 0.25) is 0 Å². The van der Waals surface area contributed by atoms with E-state index >= 15 is 0 Å². The number of fused-ring (bicyclic) bond motifs is 1. The first-order valence-corrected chi connectivity index (χ1v) is 7.11. The van der Waals surface area contributed by atoms with Crippen LogP contribution in [0.25, 0.3) is 10.9 Å². The molecule has 1 amide bonds. The minimum Gasteiger partial charge on any atom is -0.337 e. The van der Waals surface area contributed by atoms with Crippen LogP contribution in [-0.2, 0) is 0 Å². The molecular formula is C16H18FN3O. The quantitative estimate of drug-likeness (QED) is 0.920. The Bertz CT molecular complexity index is 695. The molecule has 0 radical (unpaired) electrons. The number of likely N-dealkylation sites (N-methyl/N-ethyl adjacent to an activating group) is 1. The SMILES string of the molecule is Cc1nc2cc(F)ccc2cc1C(=O)N(C)[C@@H]1CCNC1. The first-order valence-electron chi connectivity index (χ1n) is 7.11. The molecule has 5 heteroatoms. The van der Waals surface area contributed by atoms with Crippen molar-refractivity contribution in [3.05, 3.63) is 41.3 Å². The summed E-state index contributed by atoms with van der Waals surface area (Å²) in [6.45, 7) is 3.56. The molecule has 1 atom stereocenters. The number of hydrogen-bond acceptors (Lipinski definition) is 3. The molecule has 0 bridgehead atoms. The van der Waals surface area contributed by atoms with Gasteiger partial charge in [-0.3, -0.25) is 9.78 Å². The lowest BCUT2D eigenvalue weighted by Crippen LogP contribution is -2.38. The summed E-state index contributed by atoms with van der Waals surface area (Å²) in [4.78, 5) is 18.8. The van der Waals surface area contributed by atoms with Gasteiger partial charge in [-0.2, -0.15) is 0 Å². The molecule has 1 N–H and O–H groups in total. The number of aryl methyl sites for hydroxylation is 1. The summed E-state index contributed by atoms with van der Waals surface area (Å²) < 4.78 is 13.2. The number of carbonyl (C=O) groups is 1. The molecule has 0 unspecified atom stereocenters. The lowest BCUT2D eigenvalue weighted by molar-refractivity contribution is 0.0743. The van der Waals surface area contributed by atoms with Crippen LogP contribution in [0.4, 0.5) is 4.39 Å². The fraction of sp³-hybridized carbons (Fsp3) is 0.375. The van der Waals surface area contributed by atoms with Gasteiger partial charge in [0.15, 0.2) is 0 Å². The molecule has 3 rings (SSSR count). The maximum Gasteiger partial charge on any atom is 0.255 e. The third-order valence-corrected chi connectivity index (χ3v) is 4.10. The van der Waals surface area contributed by atoms with Crippen LogP contribution in [0, 0.1) is 12.7 Å². The lowest BCUT2D eigenvalue weighted by Gasteiger charge is -2.24. The number of hydrogen-bond donors (Lipinski definition) is 1. The van der Waals surface area contributed by atoms with Gasteiger partial charge >= 0.3 is 0 Å². The van der Waals surface area contributed by atoms with Crippen LogP contribution in [0.3, 0.4) is 0 Å². The Morgan fingerprint density at radius 3 is 2.95 bits per heavy atom. The van der Waals surface area contributed by atoms with Gasteiger partial charge in [0.25, 0.3) is 5.91 Å². The van der Waals surface area contributed by atoms with E-state index in [0.717, 1.165) is 24.9 Å². The molecule has 1 fully saturated rings. The van der Waals surface area contributed by atoms with Gasteiger partial charge < -0.3 is 10.2 Å². The summed E-state index contributed by atoms with van der Waals surface area (Å²) in [5.41, 5.74) is 1.80. The molecule has 21 heavy (non-hydrogen) atoms. The van der Waals surface area contributed by atoms with Gasteiger partial charge in [0.1, 0.15) is 5.82 Å². The van der Waals surface area contributed by atoms with Crippen LogP contribution in [0.15, 0.2) is 24.3 Å². The van der Waals surface area contributed by atoms with E-state index in [9.17, 15) is 9.18 Å². The molecule has 4 nitrogen and oxygen atoms in total. The summed E-state index contributed by atoms with van der Waals surface area (Å²) >= 11 is 0. The monoisotopic (exact) mass is 287 g/mol. The van der Waals surface area contributed by atoms with E-state index in [-0.39, 0.29) is 17.8 Å². The first kappa shape index (κ1) is 13.9. The topological polar surface area (TPSA) is 45.2 Å². The molecule has 1 aliphatic heterocycles. The van der Waals surface area contributed by atoms with Gasteiger partial charge in [0, 0.05) is 31.1 Å². The Kier molecular flexibility index (Phi) is 3.59. The number of pyridine rings is 1. The van der Waals surface area contributed by atoms with Crippen molar-refractivity contribution in [1.82, 2.24) is 15.2 Å². The molecule has 0 spiro atoms. The van der Waals surface area contributed by atoms with Crippen molar-refractivity contribution < 1.29 is 9.18 Å². The Hall–Kier alpha value is -2.01. The van der Waals surface area contributed by atoms with Gasteiger partial charge in [-0.1, -0.05) is 0 Å². The number of halogens is 1. The highest BCUT2D eigenvalue weighted by molar-refractivity contribution is 5.98. The minimum atomic E-state index is -0.317. The second-order valence-corrected chi connectivity index (χ2v) is 5.52. The van der Waals surface area contributed by atoms with Crippen molar-refractivity contribution in [1.29, 1.82) is 0 Å². The van der Waals surface area contributed by atoms with E-state index in [1.54, 1.807) is 24.0 Å². The third kappa shape index (κ3) is 2.61. The molecule has 1 aromatic carbocycles. The van der Waals surface area contributed by atoms with Crippen molar-refractivity contribution >= 4 is 16.8 Å². The zero-order valence-electron chi connectivity index (χ0n) is 12.2. The number of rotatable bonds is 2. The fourth-order valence-electron chi connectivity index (χ4n) is 2.78. The highest BCUT2D eigenvalue weighted by Gasteiger charge is 2.25. The fourth-order valence-corrected chi connectivity index (χ4v) is 2.78. The summed E-state index contributed by atoms with van der Waals surface area (Å²) in [6.07, 6.45) is 0.966. The maximum atomic E-state index is 13.2. The standard InChI is InChI=1S/C16H18FN3O/c1-10-14(16(21)20(2)13-5-6-18-9-13)7-11-3-4-12(17)8-15(11)19-10/h3-4,7-8,13,18H,5-6,9H2,1-2H3/t13-/m1/s1. The predicted octanol–water partition coefficient (Wildman–Crippen LogP) is 2.12. The molecule has 1 aromatic heterocycles. The van der Waals surface area contributed by atoms with Crippen molar-refractivity contribution in [3.8, 4) is 0 Å². The Balaban J connectivity index is 1.97. The van der Waals surface area contributed by atoms with Gasteiger partial charge in [-0.25, -0.2) is 4.39 Å². The van der Waals surface area contributed by atoms with Crippen molar-refractivity contribution in [2.24, 2.45) is 0 Å². The third-order valence-electron chi connectivity index (χ3n) is 4.10. The molecule has 110 valence electrons. The summed E-state index contributed by atoms with van der Waals surface area (Å²) in [5, 5.41) is 4.04. The smallest absolute Gasteiger partial charge is 0.255 e. The number of aromatic nitrogens is 1. The Morgan fingerprint density at radius 2 is 2.24 bits per heavy atom. The number of nitrogens with zero attached hydrogens (tertiary/aromatic N) is 2. The number of amides is 1. The predicted molar refractivity (Wildman–Crippen MR) is 79.8 cm³/mol. The molecule has 2 heterocycles. The van der Waals surface area contributed by atoms with E-state index in [1.807, 2.05) is 7.05 Å². The minimum absolute atomic E-state index is 0.0278. The molecular weight excluding hydrogens is 269 g/mol. The van der Waals surface area contributed by atoms with E-state index in [2.05, 4.69) is 10.3 Å². The zero-order chi connectivity index (χ0) is 15.0. The van der Waals surface area contributed by atoms with Crippen molar-refractivity contribution in [2.75, 3.05) is 20.1 Å².